The first-order valence-electron chi connectivity index (χ1n) is 19.5. The molecule has 1 atom stereocenters. The second kappa shape index (κ2) is 30.8. The summed E-state index contributed by atoms with van der Waals surface area (Å²) in [5, 5.41) is 0. The quantitative estimate of drug-likeness (QED) is 0.0719. The predicted molar refractivity (Wildman–Crippen MR) is 186 cm³/mol. The van der Waals surface area contributed by atoms with E-state index in [-0.39, 0.29) is 0 Å². The van der Waals surface area contributed by atoms with Gasteiger partial charge in [-0.25, -0.2) is 0 Å². The van der Waals surface area contributed by atoms with Gasteiger partial charge < -0.3 is 9.80 Å². The van der Waals surface area contributed by atoms with Gasteiger partial charge in [0.15, 0.2) is 0 Å². The van der Waals surface area contributed by atoms with Crippen molar-refractivity contribution in [3.05, 3.63) is 12.4 Å². The van der Waals surface area contributed by atoms with E-state index in [1.165, 1.54) is 212 Å². The van der Waals surface area contributed by atoms with Crippen molar-refractivity contribution >= 4 is 0 Å². The van der Waals surface area contributed by atoms with Gasteiger partial charge >= 0.3 is 0 Å². The van der Waals surface area contributed by atoms with Gasteiger partial charge in [-0.15, -0.1) is 0 Å². The standard InChI is InChI=1S/C39H78N2/c1-4-7-10-13-16-18-19-20-21-22-23-24-25-27-30-33-36-41-38-37-40(35-32-29-26-17-14-11-8-5-2)39(41)34-31-28-15-12-9-6-3/h37-39H,4-36H2,1-3H3. The van der Waals surface area contributed by atoms with Crippen LogP contribution in [0, 0.1) is 0 Å². The van der Waals surface area contributed by atoms with Gasteiger partial charge in [0.25, 0.3) is 0 Å². The van der Waals surface area contributed by atoms with Crippen LogP contribution in [0.1, 0.15) is 220 Å². The third-order valence-corrected chi connectivity index (χ3v) is 9.57. The van der Waals surface area contributed by atoms with Crippen LogP contribution in [0.4, 0.5) is 0 Å². The van der Waals surface area contributed by atoms with Crippen LogP contribution in [-0.4, -0.2) is 29.1 Å². The van der Waals surface area contributed by atoms with Crippen molar-refractivity contribution in [1.82, 2.24) is 9.80 Å². The maximum atomic E-state index is 2.71. The number of rotatable bonds is 33. The van der Waals surface area contributed by atoms with Crippen LogP contribution >= 0.6 is 0 Å². The lowest BCUT2D eigenvalue weighted by atomic mass is 10.0. The molecular weight excluding hydrogens is 496 g/mol. The Morgan fingerprint density at radius 2 is 0.561 bits per heavy atom. The molecule has 0 radical (unpaired) electrons. The summed E-state index contributed by atoms with van der Waals surface area (Å²) in [6, 6.07) is 0. The molecule has 0 fully saturated rings. The van der Waals surface area contributed by atoms with Gasteiger partial charge in [0, 0.05) is 25.5 Å². The molecule has 2 heteroatoms. The molecule has 244 valence electrons. The summed E-state index contributed by atoms with van der Waals surface area (Å²) in [5.74, 6) is 0. The molecule has 0 aromatic heterocycles. The van der Waals surface area contributed by atoms with E-state index in [0.717, 1.165) is 0 Å². The van der Waals surface area contributed by atoms with Gasteiger partial charge in [-0.1, -0.05) is 194 Å². The SMILES string of the molecule is CCCCCCCCCCCCCCCCCCN1C=CN(CCCCCCCCCC)C1CCCCCCCC. The minimum atomic E-state index is 0.641. The normalized spacial score (nSPS) is 15.0. The number of unbranched alkanes of at least 4 members (excludes halogenated alkanes) is 27. The highest BCUT2D eigenvalue weighted by atomic mass is 15.4. The van der Waals surface area contributed by atoms with E-state index in [1.807, 2.05) is 0 Å². The predicted octanol–water partition coefficient (Wildman–Crippen LogP) is 13.6. The van der Waals surface area contributed by atoms with Crippen LogP contribution in [0.15, 0.2) is 12.4 Å². The van der Waals surface area contributed by atoms with E-state index < -0.39 is 0 Å². The Kier molecular flexibility index (Phi) is 28.8. The van der Waals surface area contributed by atoms with Gasteiger partial charge in [0.05, 0.1) is 0 Å². The van der Waals surface area contributed by atoms with Crippen LogP contribution in [0.3, 0.4) is 0 Å². The highest BCUT2D eigenvalue weighted by Gasteiger charge is 2.24. The molecule has 0 N–H and O–H groups in total. The van der Waals surface area contributed by atoms with Gasteiger partial charge in [-0.3, -0.25) is 0 Å². The fourth-order valence-corrected chi connectivity index (χ4v) is 6.72. The van der Waals surface area contributed by atoms with Crippen molar-refractivity contribution in [3.63, 3.8) is 0 Å². The van der Waals surface area contributed by atoms with Crippen molar-refractivity contribution in [2.24, 2.45) is 0 Å². The molecular formula is C39H78N2. The van der Waals surface area contributed by atoms with E-state index >= 15 is 0 Å². The lowest BCUT2D eigenvalue weighted by molar-refractivity contribution is 0.135. The molecule has 0 spiro atoms. The van der Waals surface area contributed by atoms with Crippen LogP contribution in [0.2, 0.25) is 0 Å². The molecule has 1 rings (SSSR count). The first-order valence-corrected chi connectivity index (χ1v) is 19.5. The Labute approximate surface area is 260 Å². The molecule has 0 saturated carbocycles. The average Bonchev–Trinajstić information content (AvgIpc) is 3.37. The van der Waals surface area contributed by atoms with E-state index in [2.05, 4.69) is 43.0 Å². The summed E-state index contributed by atoms with van der Waals surface area (Å²) >= 11 is 0. The minimum absolute atomic E-state index is 0.641. The van der Waals surface area contributed by atoms with E-state index in [4.69, 9.17) is 0 Å². The topological polar surface area (TPSA) is 6.48 Å². The fourth-order valence-electron chi connectivity index (χ4n) is 6.72. The number of hydrogen-bond acceptors (Lipinski definition) is 2. The first-order chi connectivity index (χ1) is 20.3. The highest BCUT2D eigenvalue weighted by molar-refractivity contribution is 4.97. The van der Waals surface area contributed by atoms with Gasteiger partial charge in [-0.05, 0) is 25.7 Å². The van der Waals surface area contributed by atoms with E-state index in [9.17, 15) is 0 Å². The summed E-state index contributed by atoms with van der Waals surface area (Å²) in [5.41, 5.74) is 0. The Morgan fingerprint density at radius 3 is 0.854 bits per heavy atom. The summed E-state index contributed by atoms with van der Waals surface area (Å²) in [4.78, 5) is 5.41. The molecule has 0 saturated heterocycles. The van der Waals surface area contributed by atoms with Crippen LogP contribution in [0.5, 0.6) is 0 Å². The Balaban J connectivity index is 2.12. The van der Waals surface area contributed by atoms with Crippen molar-refractivity contribution < 1.29 is 0 Å². The smallest absolute Gasteiger partial charge is 0.101 e. The minimum Gasteiger partial charge on any atom is -0.356 e. The van der Waals surface area contributed by atoms with E-state index in [0.29, 0.717) is 6.17 Å². The van der Waals surface area contributed by atoms with Crippen LogP contribution < -0.4 is 0 Å². The number of hydrogen-bond donors (Lipinski definition) is 0. The number of nitrogens with zero attached hydrogens (tertiary/aromatic N) is 2. The van der Waals surface area contributed by atoms with Crippen LogP contribution in [0.25, 0.3) is 0 Å². The fraction of sp³-hybridized carbons (Fsp3) is 0.949. The molecule has 1 aliphatic heterocycles. The second-order valence-corrected chi connectivity index (χ2v) is 13.6. The summed E-state index contributed by atoms with van der Waals surface area (Å²) in [6.45, 7) is 9.48. The largest absolute Gasteiger partial charge is 0.356 e. The lowest BCUT2D eigenvalue weighted by Gasteiger charge is -2.33. The molecule has 1 unspecified atom stereocenters. The maximum absolute atomic E-state index is 2.71. The van der Waals surface area contributed by atoms with Gasteiger partial charge in [0.2, 0.25) is 0 Å². The molecule has 0 amide bonds. The summed E-state index contributed by atoms with van der Waals surface area (Å²) < 4.78 is 0. The Hall–Kier alpha value is -0.660. The van der Waals surface area contributed by atoms with Crippen molar-refractivity contribution in [3.8, 4) is 0 Å². The van der Waals surface area contributed by atoms with Gasteiger partial charge in [-0.2, -0.15) is 0 Å². The molecule has 2 nitrogen and oxygen atoms in total. The van der Waals surface area contributed by atoms with Crippen LogP contribution in [-0.2, 0) is 0 Å². The molecule has 0 aromatic rings. The third kappa shape index (κ3) is 23.5. The van der Waals surface area contributed by atoms with Crippen molar-refractivity contribution in [2.45, 2.75) is 226 Å². The molecule has 1 heterocycles. The third-order valence-electron chi connectivity index (χ3n) is 9.57. The molecule has 41 heavy (non-hydrogen) atoms. The first kappa shape index (κ1) is 38.4. The van der Waals surface area contributed by atoms with Crippen molar-refractivity contribution in [2.75, 3.05) is 13.1 Å². The molecule has 0 bridgehead atoms. The molecule has 1 aliphatic rings. The highest BCUT2D eigenvalue weighted by Crippen LogP contribution is 2.24. The molecule has 0 aliphatic carbocycles. The summed E-state index contributed by atoms with van der Waals surface area (Å²) in [7, 11) is 0. The Morgan fingerprint density at radius 1 is 0.317 bits per heavy atom. The van der Waals surface area contributed by atoms with Gasteiger partial charge in [0.1, 0.15) is 6.17 Å². The Bertz CT molecular complexity index is 530. The second-order valence-electron chi connectivity index (χ2n) is 13.6. The average molecular weight is 575 g/mol. The van der Waals surface area contributed by atoms with Crippen molar-refractivity contribution in [1.29, 1.82) is 0 Å². The monoisotopic (exact) mass is 575 g/mol. The molecule has 0 aromatic carbocycles. The van der Waals surface area contributed by atoms with E-state index in [1.54, 1.807) is 0 Å². The zero-order valence-electron chi connectivity index (χ0n) is 29.0. The maximum Gasteiger partial charge on any atom is 0.101 e. The zero-order chi connectivity index (χ0) is 29.5. The summed E-state index contributed by atoms with van der Waals surface area (Å²) in [6.07, 6.45) is 49.9. The zero-order valence-corrected chi connectivity index (χ0v) is 29.0. The lowest BCUT2D eigenvalue weighted by Crippen LogP contribution is -2.39.